The molecule has 5 heteroatoms. The summed E-state index contributed by atoms with van der Waals surface area (Å²) in [6, 6.07) is 4.07. The second-order valence-corrected chi connectivity index (χ2v) is 5.84. The highest BCUT2D eigenvalue weighted by molar-refractivity contribution is 6.33. The number of ether oxygens (including phenoxy) is 1. The van der Waals surface area contributed by atoms with E-state index in [4.69, 9.17) is 16.3 Å². The highest BCUT2D eigenvalue weighted by Crippen LogP contribution is 2.22. The first-order valence-electron chi connectivity index (χ1n) is 6.87. The Labute approximate surface area is 125 Å². The Morgan fingerprint density at radius 2 is 2.05 bits per heavy atom. The molecule has 0 aromatic heterocycles. The third-order valence-electron chi connectivity index (χ3n) is 2.83. The molecular weight excluding hydrogens is 281 g/mol. The molecule has 0 aliphatic heterocycles. The molecule has 0 aliphatic rings. The van der Waals surface area contributed by atoms with Crippen LogP contribution in [-0.2, 0) is 4.74 Å². The summed E-state index contributed by atoms with van der Waals surface area (Å²) in [5.74, 6) is 0.194. The molecule has 0 bridgehead atoms. The molecule has 0 fully saturated rings. The van der Waals surface area contributed by atoms with Crippen LogP contribution in [0.4, 0.5) is 10.1 Å². The maximum absolute atomic E-state index is 13.1. The summed E-state index contributed by atoms with van der Waals surface area (Å²) in [6.07, 6.45) is 0.405. The summed E-state index contributed by atoms with van der Waals surface area (Å²) in [6.45, 7) is 6.75. The number of hydrogen-bond acceptors (Lipinski definition) is 3. The zero-order chi connectivity index (χ0) is 15.1. The minimum atomic E-state index is -0.663. The van der Waals surface area contributed by atoms with Gasteiger partial charge in [-0.15, -0.1) is 0 Å². The van der Waals surface area contributed by atoms with E-state index in [1.54, 1.807) is 0 Å². The number of nitrogens with one attached hydrogen (secondary N) is 1. The van der Waals surface area contributed by atoms with Crippen molar-refractivity contribution in [1.29, 1.82) is 0 Å². The number of benzene rings is 1. The second-order valence-electron chi connectivity index (χ2n) is 5.43. The van der Waals surface area contributed by atoms with Gasteiger partial charge < -0.3 is 15.2 Å². The SMILES string of the molecule is CC(C)CC(C)OCC(O)CNc1cc(F)ccc1Cl. The van der Waals surface area contributed by atoms with Crippen LogP contribution in [0.25, 0.3) is 0 Å². The number of aliphatic hydroxyl groups is 1. The molecule has 0 amide bonds. The van der Waals surface area contributed by atoms with Crippen LogP contribution in [0.3, 0.4) is 0 Å². The first-order valence-corrected chi connectivity index (χ1v) is 7.25. The number of rotatable bonds is 8. The Balaban J connectivity index is 2.32. The van der Waals surface area contributed by atoms with Gasteiger partial charge in [-0.3, -0.25) is 0 Å². The lowest BCUT2D eigenvalue weighted by molar-refractivity contribution is -0.00443. The Hall–Kier alpha value is -0.840. The van der Waals surface area contributed by atoms with Crippen molar-refractivity contribution in [3.05, 3.63) is 29.0 Å². The Kier molecular flexibility index (Phi) is 7.27. The van der Waals surface area contributed by atoms with E-state index < -0.39 is 6.10 Å². The summed E-state index contributed by atoms with van der Waals surface area (Å²) < 4.78 is 18.6. The minimum Gasteiger partial charge on any atom is -0.389 e. The molecule has 1 aromatic carbocycles. The molecule has 0 aliphatic carbocycles. The number of halogens is 2. The molecule has 2 unspecified atom stereocenters. The van der Waals surface area contributed by atoms with E-state index >= 15 is 0 Å². The fraction of sp³-hybridized carbons (Fsp3) is 0.600. The molecule has 1 rings (SSSR count). The average molecular weight is 304 g/mol. The van der Waals surface area contributed by atoms with Crippen LogP contribution in [-0.4, -0.2) is 30.5 Å². The minimum absolute atomic E-state index is 0.113. The summed E-state index contributed by atoms with van der Waals surface area (Å²) in [4.78, 5) is 0. The van der Waals surface area contributed by atoms with Gasteiger partial charge in [0, 0.05) is 6.54 Å². The van der Waals surface area contributed by atoms with Crippen LogP contribution in [0.15, 0.2) is 18.2 Å². The van der Waals surface area contributed by atoms with Gasteiger partial charge in [-0.1, -0.05) is 25.4 Å². The standard InChI is InChI=1S/C15H23ClFNO2/c1-10(2)6-11(3)20-9-13(19)8-18-15-7-12(17)4-5-14(15)16/h4-5,7,10-11,13,18-19H,6,8-9H2,1-3H3. The highest BCUT2D eigenvalue weighted by atomic mass is 35.5. The van der Waals surface area contributed by atoms with Gasteiger partial charge in [0.05, 0.1) is 29.5 Å². The van der Waals surface area contributed by atoms with Crippen molar-refractivity contribution >= 4 is 17.3 Å². The maximum atomic E-state index is 13.1. The van der Waals surface area contributed by atoms with Crippen LogP contribution >= 0.6 is 11.6 Å². The Morgan fingerprint density at radius 1 is 1.35 bits per heavy atom. The Morgan fingerprint density at radius 3 is 2.70 bits per heavy atom. The van der Waals surface area contributed by atoms with Gasteiger partial charge >= 0.3 is 0 Å². The van der Waals surface area contributed by atoms with Crippen molar-refractivity contribution in [2.45, 2.75) is 39.4 Å². The van der Waals surface area contributed by atoms with Gasteiger partial charge in [-0.25, -0.2) is 4.39 Å². The molecule has 20 heavy (non-hydrogen) atoms. The van der Waals surface area contributed by atoms with Crippen molar-refractivity contribution in [1.82, 2.24) is 0 Å². The monoisotopic (exact) mass is 303 g/mol. The number of anilines is 1. The summed E-state index contributed by atoms with van der Waals surface area (Å²) in [5.41, 5.74) is 0.473. The van der Waals surface area contributed by atoms with Crippen LogP contribution < -0.4 is 5.32 Å². The van der Waals surface area contributed by atoms with E-state index in [0.29, 0.717) is 16.6 Å². The Bertz CT molecular complexity index is 415. The van der Waals surface area contributed by atoms with E-state index in [1.807, 2.05) is 6.92 Å². The van der Waals surface area contributed by atoms with Gasteiger partial charge in [-0.2, -0.15) is 0 Å². The maximum Gasteiger partial charge on any atom is 0.125 e. The number of hydrogen-bond donors (Lipinski definition) is 2. The normalized spacial score (nSPS) is 14.3. The fourth-order valence-corrected chi connectivity index (χ4v) is 2.11. The van der Waals surface area contributed by atoms with Gasteiger partial charge in [0.15, 0.2) is 0 Å². The van der Waals surface area contributed by atoms with Crippen LogP contribution in [0.1, 0.15) is 27.2 Å². The fourth-order valence-electron chi connectivity index (χ4n) is 1.93. The molecule has 2 atom stereocenters. The molecule has 0 radical (unpaired) electrons. The molecule has 0 heterocycles. The molecule has 0 spiro atoms. The van der Waals surface area contributed by atoms with Crippen molar-refractivity contribution in [2.24, 2.45) is 5.92 Å². The topological polar surface area (TPSA) is 41.5 Å². The van der Waals surface area contributed by atoms with Crippen molar-refractivity contribution in [3.63, 3.8) is 0 Å². The van der Waals surface area contributed by atoms with Crippen LogP contribution in [0, 0.1) is 11.7 Å². The lowest BCUT2D eigenvalue weighted by atomic mass is 10.1. The molecule has 3 nitrogen and oxygen atoms in total. The summed E-state index contributed by atoms with van der Waals surface area (Å²) in [7, 11) is 0. The number of aliphatic hydroxyl groups excluding tert-OH is 1. The van der Waals surface area contributed by atoms with E-state index in [-0.39, 0.29) is 25.1 Å². The molecule has 114 valence electrons. The van der Waals surface area contributed by atoms with Gasteiger partial charge in [0.2, 0.25) is 0 Å². The van der Waals surface area contributed by atoms with Crippen LogP contribution in [0.5, 0.6) is 0 Å². The van der Waals surface area contributed by atoms with Crippen molar-refractivity contribution < 1.29 is 14.2 Å². The van der Waals surface area contributed by atoms with Crippen molar-refractivity contribution in [3.8, 4) is 0 Å². The second kappa shape index (κ2) is 8.45. The van der Waals surface area contributed by atoms with E-state index in [1.165, 1.54) is 18.2 Å². The van der Waals surface area contributed by atoms with Crippen molar-refractivity contribution in [2.75, 3.05) is 18.5 Å². The van der Waals surface area contributed by atoms with Crippen LogP contribution in [0.2, 0.25) is 5.02 Å². The zero-order valence-corrected chi connectivity index (χ0v) is 13.0. The average Bonchev–Trinajstić information content (AvgIpc) is 2.36. The predicted molar refractivity (Wildman–Crippen MR) is 80.8 cm³/mol. The smallest absolute Gasteiger partial charge is 0.125 e. The third kappa shape index (κ3) is 6.55. The van der Waals surface area contributed by atoms with E-state index in [0.717, 1.165) is 6.42 Å². The third-order valence-corrected chi connectivity index (χ3v) is 3.16. The summed E-state index contributed by atoms with van der Waals surface area (Å²) >= 11 is 5.92. The summed E-state index contributed by atoms with van der Waals surface area (Å²) in [5, 5.41) is 13.2. The largest absolute Gasteiger partial charge is 0.389 e. The first-order chi connectivity index (χ1) is 9.38. The van der Waals surface area contributed by atoms with E-state index in [2.05, 4.69) is 19.2 Å². The first kappa shape index (κ1) is 17.2. The molecule has 0 saturated heterocycles. The molecular formula is C15H23ClFNO2. The lowest BCUT2D eigenvalue weighted by Crippen LogP contribution is -2.27. The van der Waals surface area contributed by atoms with Gasteiger partial charge in [0.25, 0.3) is 0 Å². The predicted octanol–water partition coefficient (Wildman–Crippen LogP) is 3.70. The quantitative estimate of drug-likeness (QED) is 0.769. The zero-order valence-electron chi connectivity index (χ0n) is 12.2. The lowest BCUT2D eigenvalue weighted by Gasteiger charge is -2.18. The van der Waals surface area contributed by atoms with Gasteiger partial charge in [-0.05, 0) is 37.5 Å². The highest BCUT2D eigenvalue weighted by Gasteiger charge is 2.10. The molecule has 2 N–H and O–H groups in total. The van der Waals surface area contributed by atoms with E-state index in [9.17, 15) is 9.50 Å². The molecule has 0 saturated carbocycles. The van der Waals surface area contributed by atoms with Gasteiger partial charge in [0.1, 0.15) is 5.82 Å². The molecule has 1 aromatic rings.